The number of pyridine rings is 1. The lowest BCUT2D eigenvalue weighted by molar-refractivity contribution is 0.629. The standard InChI is InChI=1S/C12H9ClFNO/c13-8-4-6(14)5-10-11(8)12(16)7-2-1-3-9(7)15-10/h4-5H,1-3H2,(H,15,16). The number of H-pyrrole nitrogens is 1. The molecule has 1 aliphatic carbocycles. The molecule has 0 aliphatic heterocycles. The van der Waals surface area contributed by atoms with Gasteiger partial charge in [-0.25, -0.2) is 4.39 Å². The van der Waals surface area contributed by atoms with Crippen molar-refractivity contribution in [3.63, 3.8) is 0 Å². The van der Waals surface area contributed by atoms with Crippen LogP contribution in [0, 0.1) is 5.82 Å². The average molecular weight is 238 g/mol. The summed E-state index contributed by atoms with van der Waals surface area (Å²) in [4.78, 5) is 15.2. The van der Waals surface area contributed by atoms with E-state index in [0.717, 1.165) is 30.5 Å². The van der Waals surface area contributed by atoms with Crippen molar-refractivity contribution < 1.29 is 4.39 Å². The molecule has 1 N–H and O–H groups in total. The molecule has 0 atom stereocenters. The fourth-order valence-electron chi connectivity index (χ4n) is 2.35. The third-order valence-electron chi connectivity index (χ3n) is 3.06. The van der Waals surface area contributed by atoms with E-state index in [-0.39, 0.29) is 10.5 Å². The first-order chi connectivity index (χ1) is 7.66. The molecular formula is C12H9ClFNO. The molecule has 0 spiro atoms. The summed E-state index contributed by atoms with van der Waals surface area (Å²) in [5.74, 6) is -0.425. The lowest BCUT2D eigenvalue weighted by Crippen LogP contribution is -2.11. The van der Waals surface area contributed by atoms with E-state index < -0.39 is 5.82 Å². The van der Waals surface area contributed by atoms with Crippen molar-refractivity contribution in [1.82, 2.24) is 4.98 Å². The predicted molar refractivity (Wildman–Crippen MR) is 61.6 cm³/mol. The van der Waals surface area contributed by atoms with Gasteiger partial charge in [-0.2, -0.15) is 0 Å². The van der Waals surface area contributed by atoms with Gasteiger partial charge in [0.05, 0.1) is 15.9 Å². The van der Waals surface area contributed by atoms with Crippen LogP contribution in [0.1, 0.15) is 17.7 Å². The van der Waals surface area contributed by atoms with Crippen molar-refractivity contribution >= 4 is 22.5 Å². The number of halogens is 2. The minimum atomic E-state index is -0.425. The third-order valence-corrected chi connectivity index (χ3v) is 3.36. The van der Waals surface area contributed by atoms with Crippen molar-refractivity contribution in [1.29, 1.82) is 0 Å². The van der Waals surface area contributed by atoms with E-state index in [0.29, 0.717) is 10.9 Å². The minimum Gasteiger partial charge on any atom is -0.358 e. The Balaban J connectivity index is 2.51. The van der Waals surface area contributed by atoms with Gasteiger partial charge < -0.3 is 4.98 Å². The molecular weight excluding hydrogens is 229 g/mol. The van der Waals surface area contributed by atoms with Gasteiger partial charge in [-0.05, 0) is 31.4 Å². The zero-order chi connectivity index (χ0) is 11.3. The highest BCUT2D eigenvalue weighted by molar-refractivity contribution is 6.35. The SMILES string of the molecule is O=c1c2c([nH]c3cc(F)cc(Cl)c13)CCC2. The Morgan fingerprint density at radius 3 is 2.94 bits per heavy atom. The zero-order valence-electron chi connectivity index (χ0n) is 8.44. The van der Waals surface area contributed by atoms with E-state index in [9.17, 15) is 9.18 Å². The fourth-order valence-corrected chi connectivity index (χ4v) is 2.64. The Bertz CT molecular complexity index is 647. The zero-order valence-corrected chi connectivity index (χ0v) is 9.20. The van der Waals surface area contributed by atoms with Crippen LogP contribution in [-0.4, -0.2) is 4.98 Å². The number of nitrogens with one attached hydrogen (secondary N) is 1. The second kappa shape index (κ2) is 3.32. The Kier molecular flexibility index (Phi) is 2.04. The van der Waals surface area contributed by atoms with Crippen molar-refractivity contribution in [3.05, 3.63) is 44.5 Å². The van der Waals surface area contributed by atoms with Gasteiger partial charge in [-0.15, -0.1) is 0 Å². The highest BCUT2D eigenvalue weighted by Gasteiger charge is 2.18. The van der Waals surface area contributed by atoms with Gasteiger partial charge in [0.15, 0.2) is 5.43 Å². The van der Waals surface area contributed by atoms with E-state index >= 15 is 0 Å². The maximum Gasteiger partial charge on any atom is 0.194 e. The van der Waals surface area contributed by atoms with E-state index in [1.807, 2.05) is 0 Å². The lowest BCUT2D eigenvalue weighted by atomic mass is 10.1. The topological polar surface area (TPSA) is 32.9 Å². The maximum atomic E-state index is 13.2. The summed E-state index contributed by atoms with van der Waals surface area (Å²) in [6.45, 7) is 0. The molecule has 0 bridgehead atoms. The highest BCUT2D eigenvalue weighted by atomic mass is 35.5. The molecule has 0 saturated heterocycles. The third kappa shape index (κ3) is 1.28. The molecule has 0 radical (unpaired) electrons. The normalized spacial score (nSPS) is 14.4. The number of aromatic amines is 1. The molecule has 1 aromatic carbocycles. The number of fused-ring (bicyclic) bond motifs is 2. The van der Waals surface area contributed by atoms with Gasteiger partial charge in [0.2, 0.25) is 0 Å². The van der Waals surface area contributed by atoms with Gasteiger partial charge in [-0.3, -0.25) is 4.79 Å². The molecule has 16 heavy (non-hydrogen) atoms. The summed E-state index contributed by atoms with van der Waals surface area (Å²) < 4.78 is 13.2. The van der Waals surface area contributed by atoms with Crippen molar-refractivity contribution in [2.45, 2.75) is 19.3 Å². The Labute approximate surface area is 96.1 Å². The van der Waals surface area contributed by atoms with Crippen LogP contribution in [0.25, 0.3) is 10.9 Å². The molecule has 3 rings (SSSR count). The van der Waals surface area contributed by atoms with Gasteiger partial charge >= 0.3 is 0 Å². The van der Waals surface area contributed by atoms with Crippen LogP contribution in [0.5, 0.6) is 0 Å². The number of hydrogen-bond acceptors (Lipinski definition) is 1. The summed E-state index contributed by atoms with van der Waals surface area (Å²) in [7, 11) is 0. The molecule has 0 saturated carbocycles. The molecule has 4 heteroatoms. The van der Waals surface area contributed by atoms with Crippen LogP contribution in [0.15, 0.2) is 16.9 Å². The van der Waals surface area contributed by atoms with Crippen LogP contribution in [0.2, 0.25) is 5.02 Å². The van der Waals surface area contributed by atoms with Crippen molar-refractivity contribution in [2.24, 2.45) is 0 Å². The Hall–Kier alpha value is -1.35. The predicted octanol–water partition coefficient (Wildman–Crippen LogP) is 2.81. The largest absolute Gasteiger partial charge is 0.358 e. The molecule has 1 aliphatic rings. The summed E-state index contributed by atoms with van der Waals surface area (Å²) >= 11 is 5.91. The van der Waals surface area contributed by atoms with Crippen LogP contribution >= 0.6 is 11.6 Å². The second-order valence-corrected chi connectivity index (χ2v) is 4.48. The Morgan fingerprint density at radius 2 is 2.12 bits per heavy atom. The van der Waals surface area contributed by atoms with Gasteiger partial charge in [0.1, 0.15) is 5.82 Å². The summed E-state index contributed by atoms with van der Waals surface area (Å²) in [5.41, 5.74) is 2.18. The van der Waals surface area contributed by atoms with Crippen molar-refractivity contribution in [3.8, 4) is 0 Å². The Morgan fingerprint density at radius 1 is 1.31 bits per heavy atom. The van der Waals surface area contributed by atoms with Crippen LogP contribution in [0.4, 0.5) is 4.39 Å². The van der Waals surface area contributed by atoms with Crippen LogP contribution < -0.4 is 5.43 Å². The number of rotatable bonds is 0. The van der Waals surface area contributed by atoms with Gasteiger partial charge in [-0.1, -0.05) is 11.6 Å². The van der Waals surface area contributed by atoms with E-state index in [4.69, 9.17) is 11.6 Å². The maximum absolute atomic E-state index is 13.2. The smallest absolute Gasteiger partial charge is 0.194 e. The molecule has 0 amide bonds. The summed E-state index contributed by atoms with van der Waals surface area (Å²) in [5, 5.41) is 0.592. The van der Waals surface area contributed by atoms with E-state index in [2.05, 4.69) is 4.98 Å². The molecule has 0 unspecified atom stereocenters. The highest BCUT2D eigenvalue weighted by Crippen LogP contribution is 2.25. The average Bonchev–Trinajstić information content (AvgIpc) is 2.64. The van der Waals surface area contributed by atoms with E-state index in [1.54, 1.807) is 0 Å². The molecule has 2 nitrogen and oxygen atoms in total. The van der Waals surface area contributed by atoms with Crippen LogP contribution in [-0.2, 0) is 12.8 Å². The molecule has 1 aromatic heterocycles. The molecule has 1 heterocycles. The first kappa shape index (κ1) is 9.85. The summed E-state index contributed by atoms with van der Waals surface area (Å²) in [6.07, 6.45) is 2.61. The van der Waals surface area contributed by atoms with Gasteiger partial charge in [0, 0.05) is 11.3 Å². The molecule has 2 aromatic rings. The van der Waals surface area contributed by atoms with Crippen molar-refractivity contribution in [2.75, 3.05) is 0 Å². The number of benzene rings is 1. The fraction of sp³-hybridized carbons (Fsp3) is 0.250. The lowest BCUT2D eigenvalue weighted by Gasteiger charge is -2.05. The van der Waals surface area contributed by atoms with Gasteiger partial charge in [0.25, 0.3) is 0 Å². The quantitative estimate of drug-likeness (QED) is 0.751. The molecule has 0 fully saturated rings. The number of aromatic nitrogens is 1. The minimum absolute atomic E-state index is 0.0498. The first-order valence-electron chi connectivity index (χ1n) is 5.19. The first-order valence-corrected chi connectivity index (χ1v) is 5.57. The number of aryl methyl sites for hydroxylation is 1. The molecule has 82 valence electrons. The summed E-state index contributed by atoms with van der Waals surface area (Å²) in [6, 6.07) is 2.50. The van der Waals surface area contributed by atoms with E-state index in [1.165, 1.54) is 12.1 Å². The van der Waals surface area contributed by atoms with Crippen LogP contribution in [0.3, 0.4) is 0 Å². The number of hydrogen-bond donors (Lipinski definition) is 1. The monoisotopic (exact) mass is 237 g/mol. The second-order valence-electron chi connectivity index (χ2n) is 4.07.